The summed E-state index contributed by atoms with van der Waals surface area (Å²) >= 11 is 0. The van der Waals surface area contributed by atoms with Gasteiger partial charge in [-0.1, -0.05) is 26.2 Å². The van der Waals surface area contributed by atoms with Crippen molar-refractivity contribution in [3.05, 3.63) is 0 Å². The van der Waals surface area contributed by atoms with Crippen LogP contribution >= 0.6 is 0 Å². The summed E-state index contributed by atoms with van der Waals surface area (Å²) < 4.78 is 0. The van der Waals surface area contributed by atoms with Crippen LogP contribution in [0.2, 0.25) is 0 Å². The second-order valence-corrected chi connectivity index (χ2v) is 6.16. The predicted molar refractivity (Wildman–Crippen MR) is 76.4 cm³/mol. The lowest BCUT2D eigenvalue weighted by atomic mass is 9.80. The summed E-state index contributed by atoms with van der Waals surface area (Å²) in [5.74, 6) is -0.781. The first-order chi connectivity index (χ1) is 9.60. The van der Waals surface area contributed by atoms with E-state index in [4.69, 9.17) is 0 Å². The number of aliphatic carboxylic acids is 1. The monoisotopic (exact) mass is 282 g/mol. The van der Waals surface area contributed by atoms with E-state index in [0.717, 1.165) is 45.1 Å². The van der Waals surface area contributed by atoms with Gasteiger partial charge < -0.3 is 15.3 Å². The van der Waals surface area contributed by atoms with E-state index in [1.165, 1.54) is 0 Å². The van der Waals surface area contributed by atoms with Crippen molar-refractivity contribution < 1.29 is 14.7 Å². The van der Waals surface area contributed by atoms with Gasteiger partial charge in [0.2, 0.25) is 5.91 Å². The molecule has 2 atom stereocenters. The molecule has 5 heteroatoms. The molecule has 2 aliphatic rings. The molecule has 2 N–H and O–H groups in total. The number of carbonyl (C=O) groups excluding carboxylic acids is 1. The molecule has 0 saturated carbocycles. The Balaban J connectivity index is 2.20. The van der Waals surface area contributed by atoms with Crippen molar-refractivity contribution in [2.75, 3.05) is 19.6 Å². The highest BCUT2D eigenvalue weighted by molar-refractivity contribution is 5.88. The second-order valence-electron chi connectivity index (χ2n) is 6.16. The molecular weight excluding hydrogens is 256 g/mol. The van der Waals surface area contributed by atoms with Crippen LogP contribution in [0, 0.1) is 5.41 Å². The van der Waals surface area contributed by atoms with Crippen molar-refractivity contribution in [2.24, 2.45) is 5.41 Å². The summed E-state index contributed by atoms with van der Waals surface area (Å²) in [6.07, 6.45) is 6.08. The zero-order chi connectivity index (χ0) is 14.6. The minimum atomic E-state index is -0.849. The smallest absolute Gasteiger partial charge is 0.326 e. The van der Waals surface area contributed by atoms with Gasteiger partial charge in [0, 0.05) is 13.1 Å². The number of carboxylic acids is 1. The lowest BCUT2D eigenvalue weighted by Gasteiger charge is -2.36. The van der Waals surface area contributed by atoms with Crippen LogP contribution in [-0.2, 0) is 9.59 Å². The van der Waals surface area contributed by atoms with E-state index in [2.05, 4.69) is 12.2 Å². The van der Waals surface area contributed by atoms with Crippen LogP contribution in [0.3, 0.4) is 0 Å². The molecule has 0 aromatic heterocycles. The quantitative estimate of drug-likeness (QED) is 0.822. The molecule has 2 saturated heterocycles. The van der Waals surface area contributed by atoms with Gasteiger partial charge in [-0.25, -0.2) is 4.79 Å². The van der Waals surface area contributed by atoms with E-state index in [0.29, 0.717) is 19.5 Å². The number of rotatable bonds is 4. The van der Waals surface area contributed by atoms with Crippen LogP contribution in [0.15, 0.2) is 0 Å². The molecule has 0 bridgehead atoms. The van der Waals surface area contributed by atoms with E-state index >= 15 is 0 Å². The first-order valence-corrected chi connectivity index (χ1v) is 7.85. The fourth-order valence-electron chi connectivity index (χ4n) is 3.64. The van der Waals surface area contributed by atoms with Crippen LogP contribution in [0.25, 0.3) is 0 Å². The molecule has 0 radical (unpaired) electrons. The molecule has 2 fully saturated rings. The zero-order valence-electron chi connectivity index (χ0n) is 12.4. The van der Waals surface area contributed by atoms with Gasteiger partial charge in [0.1, 0.15) is 6.04 Å². The number of nitrogens with one attached hydrogen (secondary N) is 1. The Morgan fingerprint density at radius 2 is 2.15 bits per heavy atom. The van der Waals surface area contributed by atoms with Crippen molar-refractivity contribution >= 4 is 11.9 Å². The van der Waals surface area contributed by atoms with Crippen LogP contribution in [0.4, 0.5) is 0 Å². The molecule has 0 spiro atoms. The van der Waals surface area contributed by atoms with E-state index in [1.807, 2.05) is 0 Å². The van der Waals surface area contributed by atoms with Gasteiger partial charge in [0.05, 0.1) is 5.41 Å². The molecule has 2 unspecified atom stereocenters. The van der Waals surface area contributed by atoms with Crippen molar-refractivity contribution in [3.63, 3.8) is 0 Å². The lowest BCUT2D eigenvalue weighted by Crippen LogP contribution is -2.52. The van der Waals surface area contributed by atoms with Gasteiger partial charge in [0.15, 0.2) is 0 Å². The van der Waals surface area contributed by atoms with E-state index in [-0.39, 0.29) is 11.3 Å². The Labute approximate surface area is 120 Å². The maximum absolute atomic E-state index is 13.0. The van der Waals surface area contributed by atoms with Gasteiger partial charge in [-0.2, -0.15) is 0 Å². The summed E-state index contributed by atoms with van der Waals surface area (Å²) in [4.78, 5) is 26.2. The molecule has 114 valence electrons. The third kappa shape index (κ3) is 2.97. The third-order valence-electron chi connectivity index (χ3n) is 4.72. The SMILES string of the molecule is CCCC1(C(=O)N2CCCCCC2C(=O)O)CCNC1. The standard InChI is InChI=1S/C15H26N2O3/c1-2-7-15(8-9-16-11-15)14(20)17-10-5-3-4-6-12(17)13(18)19/h12,16H,2-11H2,1H3,(H,18,19). The fraction of sp³-hybridized carbons (Fsp3) is 0.867. The lowest BCUT2D eigenvalue weighted by molar-refractivity contribution is -0.155. The van der Waals surface area contributed by atoms with Crippen LogP contribution < -0.4 is 5.32 Å². The number of nitrogens with zero attached hydrogens (tertiary/aromatic N) is 1. The zero-order valence-corrected chi connectivity index (χ0v) is 12.4. The van der Waals surface area contributed by atoms with Crippen LogP contribution in [0.5, 0.6) is 0 Å². The number of hydrogen-bond donors (Lipinski definition) is 2. The fourth-order valence-corrected chi connectivity index (χ4v) is 3.64. The Kier molecular flexibility index (Phi) is 5.02. The first kappa shape index (κ1) is 15.3. The van der Waals surface area contributed by atoms with Crippen molar-refractivity contribution in [2.45, 2.75) is 57.9 Å². The molecule has 2 heterocycles. The van der Waals surface area contributed by atoms with Crippen molar-refractivity contribution in [3.8, 4) is 0 Å². The Bertz CT molecular complexity index is 364. The Morgan fingerprint density at radius 1 is 1.35 bits per heavy atom. The minimum Gasteiger partial charge on any atom is -0.480 e. The first-order valence-electron chi connectivity index (χ1n) is 7.85. The summed E-state index contributed by atoms with van der Waals surface area (Å²) in [6, 6.07) is -0.626. The van der Waals surface area contributed by atoms with Gasteiger partial charge in [0.25, 0.3) is 0 Å². The Hall–Kier alpha value is -1.10. The van der Waals surface area contributed by atoms with Crippen molar-refractivity contribution in [1.29, 1.82) is 0 Å². The number of hydrogen-bond acceptors (Lipinski definition) is 3. The number of amides is 1. The van der Waals surface area contributed by atoms with Gasteiger partial charge in [-0.05, 0) is 32.2 Å². The summed E-state index contributed by atoms with van der Waals surface area (Å²) in [5.41, 5.74) is -0.368. The maximum Gasteiger partial charge on any atom is 0.326 e. The molecular formula is C15H26N2O3. The molecule has 2 aliphatic heterocycles. The predicted octanol–water partition coefficient (Wildman–Crippen LogP) is 1.62. The third-order valence-corrected chi connectivity index (χ3v) is 4.72. The topological polar surface area (TPSA) is 69.6 Å². The highest BCUT2D eigenvalue weighted by Gasteiger charge is 2.45. The molecule has 20 heavy (non-hydrogen) atoms. The Morgan fingerprint density at radius 3 is 2.75 bits per heavy atom. The molecule has 2 rings (SSSR count). The highest BCUT2D eigenvalue weighted by atomic mass is 16.4. The number of carbonyl (C=O) groups is 2. The van der Waals surface area contributed by atoms with Crippen LogP contribution in [0.1, 0.15) is 51.9 Å². The summed E-state index contributed by atoms with van der Waals surface area (Å²) in [7, 11) is 0. The average molecular weight is 282 g/mol. The molecule has 0 aromatic carbocycles. The largest absolute Gasteiger partial charge is 0.480 e. The number of likely N-dealkylation sites (tertiary alicyclic amines) is 1. The summed E-state index contributed by atoms with van der Waals surface area (Å²) in [5, 5.41) is 12.7. The average Bonchev–Trinajstić information content (AvgIpc) is 2.75. The van der Waals surface area contributed by atoms with Crippen LogP contribution in [-0.4, -0.2) is 47.6 Å². The van der Waals surface area contributed by atoms with E-state index < -0.39 is 12.0 Å². The molecule has 0 aromatic rings. The maximum atomic E-state index is 13.0. The second kappa shape index (κ2) is 6.57. The normalized spacial score (nSPS) is 31.1. The highest BCUT2D eigenvalue weighted by Crippen LogP contribution is 2.35. The molecule has 5 nitrogen and oxygen atoms in total. The van der Waals surface area contributed by atoms with E-state index in [1.54, 1.807) is 4.90 Å². The molecule has 0 aliphatic carbocycles. The van der Waals surface area contributed by atoms with Gasteiger partial charge in [-0.3, -0.25) is 4.79 Å². The summed E-state index contributed by atoms with van der Waals surface area (Å²) in [6.45, 7) is 4.24. The minimum absolute atomic E-state index is 0.0682. The van der Waals surface area contributed by atoms with Gasteiger partial charge in [-0.15, -0.1) is 0 Å². The van der Waals surface area contributed by atoms with E-state index in [9.17, 15) is 14.7 Å². The molecule has 1 amide bonds. The van der Waals surface area contributed by atoms with Gasteiger partial charge >= 0.3 is 5.97 Å². The number of carboxylic acid groups (broad SMARTS) is 1. The van der Waals surface area contributed by atoms with Crippen molar-refractivity contribution in [1.82, 2.24) is 10.2 Å².